The molecule has 0 N–H and O–H groups in total. The Bertz CT molecular complexity index is 754. The van der Waals surface area contributed by atoms with E-state index in [0.29, 0.717) is 12.2 Å². The molecule has 0 spiro atoms. The van der Waals surface area contributed by atoms with Crippen LogP contribution in [0, 0.1) is 6.92 Å². The lowest BCUT2D eigenvalue weighted by Crippen LogP contribution is -1.99. The molecule has 2 nitrogen and oxygen atoms in total. The van der Waals surface area contributed by atoms with E-state index in [9.17, 15) is 4.79 Å². The van der Waals surface area contributed by atoms with Gasteiger partial charge in [-0.3, -0.25) is 4.79 Å². The van der Waals surface area contributed by atoms with Gasteiger partial charge in [-0.2, -0.15) is 0 Å². The maximum atomic E-state index is 12.2. The van der Waals surface area contributed by atoms with Crippen LogP contribution in [0.3, 0.4) is 0 Å². The Kier molecular flexibility index (Phi) is 3.29. The van der Waals surface area contributed by atoms with Gasteiger partial charge in [0.25, 0.3) is 0 Å². The van der Waals surface area contributed by atoms with Crippen molar-refractivity contribution in [3.05, 3.63) is 56.4 Å². The monoisotopic (exact) mass is 334 g/mol. The highest BCUT2D eigenvalue weighted by Crippen LogP contribution is 2.25. The number of benzene rings is 1. The molecule has 2 heterocycles. The molecule has 0 bridgehead atoms. The Morgan fingerprint density at radius 3 is 2.84 bits per heavy atom. The first-order chi connectivity index (χ1) is 9.11. The van der Waals surface area contributed by atoms with Crippen LogP contribution in [0.25, 0.3) is 11.0 Å². The van der Waals surface area contributed by atoms with E-state index in [-0.39, 0.29) is 5.78 Å². The summed E-state index contributed by atoms with van der Waals surface area (Å²) < 4.78 is 6.64. The predicted molar refractivity (Wildman–Crippen MR) is 81.0 cm³/mol. The largest absolute Gasteiger partial charge is 0.453 e. The van der Waals surface area contributed by atoms with Gasteiger partial charge in [0, 0.05) is 16.7 Å². The molecule has 0 fully saturated rings. The lowest BCUT2D eigenvalue weighted by molar-refractivity contribution is 0.0969. The Labute approximate surface area is 123 Å². The number of rotatable bonds is 3. The molecule has 3 rings (SSSR count). The van der Waals surface area contributed by atoms with Gasteiger partial charge >= 0.3 is 0 Å². The summed E-state index contributed by atoms with van der Waals surface area (Å²) in [6, 6.07) is 11.7. The van der Waals surface area contributed by atoms with Gasteiger partial charge in [0.15, 0.2) is 5.76 Å². The van der Waals surface area contributed by atoms with Crippen molar-refractivity contribution in [3.8, 4) is 0 Å². The Morgan fingerprint density at radius 2 is 2.11 bits per heavy atom. The summed E-state index contributed by atoms with van der Waals surface area (Å²) in [5.74, 6) is 0.452. The zero-order valence-electron chi connectivity index (χ0n) is 10.3. The Morgan fingerprint density at radius 1 is 1.26 bits per heavy atom. The summed E-state index contributed by atoms with van der Waals surface area (Å²) in [6.07, 6.45) is 0.384. The maximum Gasteiger partial charge on any atom is 0.203 e. The van der Waals surface area contributed by atoms with Crippen molar-refractivity contribution in [3.63, 3.8) is 0 Å². The van der Waals surface area contributed by atoms with Crippen LogP contribution in [0.4, 0.5) is 0 Å². The average Bonchev–Trinajstić information content (AvgIpc) is 2.95. The van der Waals surface area contributed by atoms with E-state index in [1.807, 2.05) is 43.3 Å². The van der Waals surface area contributed by atoms with E-state index in [1.165, 1.54) is 0 Å². The third-order valence-electron chi connectivity index (χ3n) is 2.91. The summed E-state index contributed by atoms with van der Waals surface area (Å²) in [4.78, 5) is 13.2. The van der Waals surface area contributed by atoms with Crippen LogP contribution in [0.1, 0.15) is 21.0 Å². The highest BCUT2D eigenvalue weighted by Gasteiger charge is 2.14. The molecular formula is C15H11BrO2S. The molecule has 0 unspecified atom stereocenters. The number of hydrogen-bond acceptors (Lipinski definition) is 3. The van der Waals surface area contributed by atoms with Crippen LogP contribution in [0.2, 0.25) is 0 Å². The topological polar surface area (TPSA) is 30.2 Å². The lowest BCUT2D eigenvalue weighted by Gasteiger charge is -1.93. The van der Waals surface area contributed by atoms with Gasteiger partial charge in [0.2, 0.25) is 5.78 Å². The SMILES string of the molecule is Cc1ccc2oc(C(=O)Cc3ccc(Br)s3)cc2c1. The van der Waals surface area contributed by atoms with Crippen molar-refractivity contribution in [1.29, 1.82) is 0 Å². The van der Waals surface area contributed by atoms with Gasteiger partial charge < -0.3 is 4.42 Å². The fraction of sp³-hybridized carbons (Fsp3) is 0.133. The van der Waals surface area contributed by atoms with Gasteiger partial charge in [0.1, 0.15) is 5.58 Å². The fourth-order valence-corrected chi connectivity index (χ4v) is 3.47. The first-order valence-corrected chi connectivity index (χ1v) is 7.50. The summed E-state index contributed by atoms with van der Waals surface area (Å²) in [7, 11) is 0. The summed E-state index contributed by atoms with van der Waals surface area (Å²) in [6.45, 7) is 2.02. The second-order valence-corrected chi connectivity index (χ2v) is 7.01. The molecule has 0 aliphatic rings. The lowest BCUT2D eigenvalue weighted by atomic mass is 10.1. The second kappa shape index (κ2) is 4.94. The smallest absolute Gasteiger partial charge is 0.203 e. The normalized spacial score (nSPS) is 11.1. The molecule has 2 aromatic heterocycles. The predicted octanol–water partition coefficient (Wildman–Crippen LogP) is 4.99. The van der Waals surface area contributed by atoms with E-state index in [2.05, 4.69) is 15.9 Å². The minimum atomic E-state index is 0.0169. The summed E-state index contributed by atoms with van der Waals surface area (Å²) in [5.41, 5.74) is 1.93. The average molecular weight is 335 g/mol. The molecular weight excluding hydrogens is 324 g/mol. The van der Waals surface area contributed by atoms with E-state index < -0.39 is 0 Å². The first-order valence-electron chi connectivity index (χ1n) is 5.89. The van der Waals surface area contributed by atoms with Gasteiger partial charge in [0.05, 0.1) is 3.79 Å². The van der Waals surface area contributed by atoms with Crippen LogP contribution in [0.15, 0.2) is 44.6 Å². The number of hydrogen-bond donors (Lipinski definition) is 0. The number of thiophene rings is 1. The third-order valence-corrected chi connectivity index (χ3v) is 4.53. The molecule has 0 aliphatic heterocycles. The molecule has 0 saturated carbocycles. The quantitative estimate of drug-likeness (QED) is 0.631. The summed E-state index contributed by atoms with van der Waals surface area (Å²) >= 11 is 4.97. The molecule has 96 valence electrons. The third kappa shape index (κ3) is 2.65. The van der Waals surface area contributed by atoms with E-state index in [4.69, 9.17) is 4.42 Å². The number of halogens is 1. The van der Waals surface area contributed by atoms with Crippen molar-refractivity contribution >= 4 is 44.0 Å². The number of ketones is 1. The van der Waals surface area contributed by atoms with Gasteiger partial charge in [-0.1, -0.05) is 11.6 Å². The second-order valence-electron chi connectivity index (χ2n) is 4.46. The van der Waals surface area contributed by atoms with Crippen LogP contribution < -0.4 is 0 Å². The van der Waals surface area contributed by atoms with Crippen molar-refractivity contribution in [1.82, 2.24) is 0 Å². The van der Waals surface area contributed by atoms with Crippen LogP contribution in [0.5, 0.6) is 0 Å². The van der Waals surface area contributed by atoms with Crippen molar-refractivity contribution < 1.29 is 9.21 Å². The van der Waals surface area contributed by atoms with Gasteiger partial charge in [-0.25, -0.2) is 0 Å². The van der Waals surface area contributed by atoms with E-state index >= 15 is 0 Å². The highest BCUT2D eigenvalue weighted by molar-refractivity contribution is 9.11. The van der Waals surface area contributed by atoms with E-state index in [1.54, 1.807) is 11.3 Å². The van der Waals surface area contributed by atoms with Crippen LogP contribution in [-0.4, -0.2) is 5.78 Å². The Hall–Kier alpha value is -1.39. The zero-order chi connectivity index (χ0) is 13.4. The molecule has 0 radical (unpaired) electrons. The van der Waals surface area contributed by atoms with Crippen molar-refractivity contribution in [2.45, 2.75) is 13.3 Å². The highest BCUT2D eigenvalue weighted by atomic mass is 79.9. The first kappa shape index (κ1) is 12.6. The molecule has 0 saturated heterocycles. The molecule has 0 aliphatic carbocycles. The number of carbonyl (C=O) groups excluding carboxylic acids is 1. The Balaban J connectivity index is 1.89. The maximum absolute atomic E-state index is 12.2. The zero-order valence-corrected chi connectivity index (χ0v) is 12.7. The molecule has 1 aromatic carbocycles. The minimum absolute atomic E-state index is 0.0169. The van der Waals surface area contributed by atoms with Crippen molar-refractivity contribution in [2.75, 3.05) is 0 Å². The molecule has 0 amide bonds. The van der Waals surface area contributed by atoms with Crippen molar-refractivity contribution in [2.24, 2.45) is 0 Å². The molecule has 19 heavy (non-hydrogen) atoms. The van der Waals surface area contributed by atoms with Gasteiger partial charge in [-0.15, -0.1) is 11.3 Å². The molecule has 0 atom stereocenters. The molecule has 3 aromatic rings. The minimum Gasteiger partial charge on any atom is -0.453 e. The fourth-order valence-electron chi connectivity index (χ4n) is 1.99. The molecule has 4 heteroatoms. The number of fused-ring (bicyclic) bond motifs is 1. The number of Topliss-reactive ketones (excluding diaryl/α,β-unsaturated/α-hetero) is 1. The summed E-state index contributed by atoms with van der Waals surface area (Å²) in [5, 5.41) is 0.982. The number of aryl methyl sites for hydroxylation is 1. The standard InChI is InChI=1S/C15H11BrO2S/c1-9-2-4-13-10(6-9)7-14(18-13)12(17)8-11-3-5-15(16)19-11/h2-7H,8H2,1H3. The van der Waals surface area contributed by atoms with Crippen LogP contribution in [-0.2, 0) is 6.42 Å². The van der Waals surface area contributed by atoms with Crippen LogP contribution >= 0.6 is 27.3 Å². The number of furan rings is 1. The van der Waals surface area contributed by atoms with E-state index in [0.717, 1.165) is 25.2 Å². The van der Waals surface area contributed by atoms with Gasteiger partial charge in [-0.05, 0) is 53.2 Å². The number of carbonyl (C=O) groups is 1.